The number of unbranched alkanes of at least 4 members (excludes halogenated alkanes) is 7. The Balaban J connectivity index is 1.74. The lowest BCUT2D eigenvalue weighted by molar-refractivity contribution is 0.573. The zero-order valence-corrected chi connectivity index (χ0v) is 15.9. The SMILES string of the molecule is CCCCCCCCCCc1nc2c(Br)ccc(Br)c2[nH]1. The standard InChI is InChI=1S/C17H24Br2N2/c1-2-3-4-5-6-7-8-9-10-15-20-16-13(18)11-12-14(19)17(16)21-15/h11-12H,2-10H2,1H3,(H,20,21). The molecule has 0 unspecified atom stereocenters. The minimum absolute atomic E-state index is 1.03. The molecule has 2 aromatic rings. The van der Waals surface area contributed by atoms with Gasteiger partial charge in [-0.3, -0.25) is 0 Å². The van der Waals surface area contributed by atoms with Crippen LogP contribution in [-0.2, 0) is 6.42 Å². The van der Waals surface area contributed by atoms with Crippen molar-refractivity contribution in [1.82, 2.24) is 9.97 Å². The van der Waals surface area contributed by atoms with Gasteiger partial charge in [0.2, 0.25) is 0 Å². The number of hydrogen-bond acceptors (Lipinski definition) is 1. The summed E-state index contributed by atoms with van der Waals surface area (Å²) in [5.41, 5.74) is 2.12. The lowest BCUT2D eigenvalue weighted by Gasteiger charge is -2.00. The quantitative estimate of drug-likeness (QED) is 0.449. The first-order valence-electron chi connectivity index (χ1n) is 8.05. The second-order valence-electron chi connectivity index (χ2n) is 5.66. The van der Waals surface area contributed by atoms with Gasteiger partial charge in [-0.2, -0.15) is 0 Å². The van der Waals surface area contributed by atoms with Crippen LogP contribution in [0.4, 0.5) is 0 Å². The summed E-state index contributed by atoms with van der Waals surface area (Å²) in [6, 6.07) is 4.08. The van der Waals surface area contributed by atoms with Gasteiger partial charge in [0.15, 0.2) is 0 Å². The van der Waals surface area contributed by atoms with E-state index in [0.717, 1.165) is 32.2 Å². The summed E-state index contributed by atoms with van der Waals surface area (Å²) >= 11 is 7.14. The van der Waals surface area contributed by atoms with Crippen molar-refractivity contribution in [1.29, 1.82) is 0 Å². The summed E-state index contributed by atoms with van der Waals surface area (Å²) in [5, 5.41) is 0. The zero-order valence-electron chi connectivity index (χ0n) is 12.7. The molecule has 2 nitrogen and oxygen atoms in total. The molecule has 2 rings (SSSR count). The van der Waals surface area contributed by atoms with E-state index in [9.17, 15) is 0 Å². The molecule has 0 spiro atoms. The maximum atomic E-state index is 4.70. The summed E-state index contributed by atoms with van der Waals surface area (Å²) in [4.78, 5) is 8.13. The molecule has 4 heteroatoms. The normalized spacial score (nSPS) is 11.4. The third-order valence-electron chi connectivity index (χ3n) is 3.86. The number of aryl methyl sites for hydroxylation is 1. The van der Waals surface area contributed by atoms with E-state index in [1.54, 1.807) is 0 Å². The number of fused-ring (bicyclic) bond motifs is 1. The van der Waals surface area contributed by atoms with Crippen LogP contribution in [0.2, 0.25) is 0 Å². The van der Waals surface area contributed by atoms with Crippen molar-refractivity contribution in [3.05, 3.63) is 26.9 Å². The Hall–Kier alpha value is -0.350. The van der Waals surface area contributed by atoms with Crippen molar-refractivity contribution in [3.63, 3.8) is 0 Å². The van der Waals surface area contributed by atoms with Crippen LogP contribution in [0.25, 0.3) is 11.0 Å². The fraction of sp³-hybridized carbons (Fsp3) is 0.588. The summed E-state index contributed by atoms with van der Waals surface area (Å²) in [6.07, 6.45) is 11.9. The molecule has 116 valence electrons. The molecule has 21 heavy (non-hydrogen) atoms. The van der Waals surface area contributed by atoms with Crippen LogP contribution in [0, 0.1) is 0 Å². The molecule has 0 saturated heterocycles. The van der Waals surface area contributed by atoms with E-state index in [4.69, 9.17) is 4.98 Å². The smallest absolute Gasteiger partial charge is 0.107 e. The molecule has 0 aliphatic carbocycles. The number of nitrogens with one attached hydrogen (secondary N) is 1. The second kappa shape index (κ2) is 8.94. The monoisotopic (exact) mass is 414 g/mol. The first-order valence-corrected chi connectivity index (χ1v) is 9.63. The van der Waals surface area contributed by atoms with Crippen LogP contribution in [0.15, 0.2) is 21.1 Å². The number of aromatic amines is 1. The van der Waals surface area contributed by atoms with Crippen LogP contribution in [0.3, 0.4) is 0 Å². The largest absolute Gasteiger partial charge is 0.341 e. The third-order valence-corrected chi connectivity index (χ3v) is 5.16. The Morgan fingerprint density at radius 1 is 0.905 bits per heavy atom. The fourth-order valence-electron chi connectivity index (χ4n) is 2.62. The number of imidazole rings is 1. The molecule has 1 aromatic carbocycles. The van der Waals surface area contributed by atoms with Crippen molar-refractivity contribution in [2.45, 2.75) is 64.7 Å². The minimum Gasteiger partial charge on any atom is -0.341 e. The van der Waals surface area contributed by atoms with Crippen LogP contribution >= 0.6 is 31.9 Å². The highest BCUT2D eigenvalue weighted by Crippen LogP contribution is 2.28. The van der Waals surface area contributed by atoms with Crippen LogP contribution in [0.1, 0.15) is 64.1 Å². The molecule has 1 N–H and O–H groups in total. The fourth-order valence-corrected chi connectivity index (χ4v) is 3.46. The van der Waals surface area contributed by atoms with Crippen molar-refractivity contribution < 1.29 is 0 Å². The molecule has 0 aliphatic rings. The van der Waals surface area contributed by atoms with E-state index in [2.05, 4.69) is 43.8 Å². The minimum atomic E-state index is 1.03. The van der Waals surface area contributed by atoms with Gasteiger partial charge in [-0.1, -0.05) is 51.9 Å². The van der Waals surface area contributed by atoms with Crippen LogP contribution in [-0.4, -0.2) is 9.97 Å². The number of H-pyrrole nitrogens is 1. The van der Waals surface area contributed by atoms with Gasteiger partial charge < -0.3 is 4.98 Å². The highest BCUT2D eigenvalue weighted by Gasteiger charge is 2.08. The van der Waals surface area contributed by atoms with Crippen molar-refractivity contribution in [2.24, 2.45) is 0 Å². The molecule has 0 bridgehead atoms. The van der Waals surface area contributed by atoms with Gasteiger partial charge in [-0.25, -0.2) is 4.98 Å². The number of hydrogen-bond donors (Lipinski definition) is 1. The first-order chi connectivity index (χ1) is 10.2. The highest BCUT2D eigenvalue weighted by atomic mass is 79.9. The molecule has 1 heterocycles. The molecule has 0 aliphatic heterocycles. The summed E-state index contributed by atoms with van der Waals surface area (Å²) < 4.78 is 2.13. The Labute approximate surface area is 144 Å². The van der Waals surface area contributed by atoms with E-state index in [-0.39, 0.29) is 0 Å². The van der Waals surface area contributed by atoms with Gasteiger partial charge in [0.25, 0.3) is 0 Å². The third kappa shape index (κ3) is 5.10. The molecule has 0 amide bonds. The number of benzene rings is 1. The van der Waals surface area contributed by atoms with Gasteiger partial charge in [0.05, 0.1) is 5.52 Å². The van der Waals surface area contributed by atoms with E-state index < -0.39 is 0 Å². The highest BCUT2D eigenvalue weighted by molar-refractivity contribution is 9.11. The molecule has 0 radical (unpaired) electrons. The maximum Gasteiger partial charge on any atom is 0.107 e. The summed E-state index contributed by atoms with van der Waals surface area (Å²) in [7, 11) is 0. The van der Waals surface area contributed by atoms with Gasteiger partial charge in [0, 0.05) is 15.4 Å². The van der Waals surface area contributed by atoms with E-state index in [1.165, 1.54) is 51.4 Å². The van der Waals surface area contributed by atoms with Crippen molar-refractivity contribution in [2.75, 3.05) is 0 Å². The molecular weight excluding hydrogens is 392 g/mol. The zero-order chi connectivity index (χ0) is 15.1. The average Bonchev–Trinajstić information content (AvgIpc) is 2.91. The predicted octanol–water partition coefficient (Wildman–Crippen LogP) is 6.77. The van der Waals surface area contributed by atoms with Gasteiger partial charge in [-0.15, -0.1) is 0 Å². The first kappa shape index (κ1) is 17.0. The van der Waals surface area contributed by atoms with E-state index in [0.29, 0.717) is 0 Å². The summed E-state index contributed by atoms with van der Waals surface area (Å²) in [6.45, 7) is 2.27. The Morgan fingerprint density at radius 2 is 1.52 bits per heavy atom. The van der Waals surface area contributed by atoms with Gasteiger partial charge in [-0.05, 0) is 50.4 Å². The van der Waals surface area contributed by atoms with Crippen molar-refractivity contribution in [3.8, 4) is 0 Å². The Kier molecular flexibility index (Phi) is 7.24. The number of halogens is 2. The Bertz CT molecular complexity index is 524. The molecule has 0 fully saturated rings. The lowest BCUT2D eigenvalue weighted by atomic mass is 10.1. The van der Waals surface area contributed by atoms with Crippen LogP contribution < -0.4 is 0 Å². The molecule has 0 atom stereocenters. The molecule has 1 aromatic heterocycles. The summed E-state index contributed by atoms with van der Waals surface area (Å²) in [5.74, 6) is 1.10. The van der Waals surface area contributed by atoms with Crippen LogP contribution in [0.5, 0.6) is 0 Å². The molecular formula is C17H24Br2N2. The van der Waals surface area contributed by atoms with E-state index in [1.807, 2.05) is 12.1 Å². The Morgan fingerprint density at radius 3 is 2.19 bits per heavy atom. The number of nitrogens with zero attached hydrogens (tertiary/aromatic N) is 1. The van der Waals surface area contributed by atoms with Crippen molar-refractivity contribution >= 4 is 42.9 Å². The predicted molar refractivity (Wildman–Crippen MR) is 97.8 cm³/mol. The van der Waals surface area contributed by atoms with Gasteiger partial charge >= 0.3 is 0 Å². The van der Waals surface area contributed by atoms with E-state index >= 15 is 0 Å². The number of rotatable bonds is 9. The lowest BCUT2D eigenvalue weighted by Crippen LogP contribution is -1.88. The average molecular weight is 416 g/mol. The number of aromatic nitrogens is 2. The topological polar surface area (TPSA) is 28.7 Å². The van der Waals surface area contributed by atoms with Gasteiger partial charge in [0.1, 0.15) is 11.3 Å². The molecule has 0 saturated carbocycles. The second-order valence-corrected chi connectivity index (χ2v) is 7.37. The maximum absolute atomic E-state index is 4.70.